The van der Waals surface area contributed by atoms with Gasteiger partial charge in [-0.1, -0.05) is 35.4 Å². The van der Waals surface area contributed by atoms with E-state index in [0.717, 1.165) is 22.3 Å². The highest BCUT2D eigenvalue weighted by Gasteiger charge is 2.30. The standard InChI is InChI=1S/C32H30F4O3/c1-15-9-17(3)28(18(4)10-15)37-23-13-21(7)30(22(8)14-23)39-32-26(35)24(33)31(25(34)27(32)36)38-29-19(5)11-16(2)12-20(29)6/h9-14H,1-8H3. The van der Waals surface area contributed by atoms with Gasteiger partial charge < -0.3 is 14.2 Å². The van der Waals surface area contributed by atoms with Gasteiger partial charge in [-0.25, -0.2) is 0 Å². The fourth-order valence-corrected chi connectivity index (χ4v) is 4.88. The maximum Gasteiger partial charge on any atom is 0.208 e. The third kappa shape index (κ3) is 5.44. The van der Waals surface area contributed by atoms with E-state index >= 15 is 17.6 Å². The molecule has 0 aliphatic carbocycles. The van der Waals surface area contributed by atoms with Crippen LogP contribution in [-0.2, 0) is 0 Å². The molecule has 0 aromatic heterocycles. The minimum absolute atomic E-state index is 0.0511. The van der Waals surface area contributed by atoms with Gasteiger partial charge in [-0.05, 0) is 101 Å². The number of aryl methyl sites for hydroxylation is 8. The molecule has 0 heterocycles. The van der Waals surface area contributed by atoms with Gasteiger partial charge in [0.25, 0.3) is 0 Å². The maximum atomic E-state index is 15.1. The van der Waals surface area contributed by atoms with Gasteiger partial charge in [0.15, 0.2) is 0 Å². The minimum atomic E-state index is -1.70. The summed E-state index contributed by atoms with van der Waals surface area (Å²) in [5, 5.41) is 0. The van der Waals surface area contributed by atoms with Gasteiger partial charge in [0.05, 0.1) is 0 Å². The third-order valence-electron chi connectivity index (χ3n) is 6.45. The van der Waals surface area contributed by atoms with E-state index in [-0.39, 0.29) is 11.5 Å². The van der Waals surface area contributed by atoms with Crippen molar-refractivity contribution in [1.82, 2.24) is 0 Å². The van der Waals surface area contributed by atoms with Crippen LogP contribution < -0.4 is 14.2 Å². The lowest BCUT2D eigenvalue weighted by molar-refractivity contribution is 0.328. The largest absolute Gasteiger partial charge is 0.457 e. The molecule has 4 aromatic rings. The lowest BCUT2D eigenvalue weighted by Crippen LogP contribution is -2.06. The van der Waals surface area contributed by atoms with Crippen LogP contribution in [0.3, 0.4) is 0 Å². The molecule has 0 fully saturated rings. The van der Waals surface area contributed by atoms with Crippen LogP contribution in [0, 0.1) is 78.7 Å². The Balaban J connectivity index is 1.69. The minimum Gasteiger partial charge on any atom is -0.457 e. The van der Waals surface area contributed by atoms with Crippen molar-refractivity contribution >= 4 is 0 Å². The Morgan fingerprint density at radius 2 is 0.615 bits per heavy atom. The summed E-state index contributed by atoms with van der Waals surface area (Å²) in [5.41, 5.74) is 5.97. The summed E-state index contributed by atoms with van der Waals surface area (Å²) in [4.78, 5) is 0. The zero-order chi connectivity index (χ0) is 28.8. The van der Waals surface area contributed by atoms with Crippen LogP contribution in [0.1, 0.15) is 44.5 Å². The van der Waals surface area contributed by atoms with Crippen LogP contribution in [0.4, 0.5) is 17.6 Å². The highest BCUT2D eigenvalue weighted by molar-refractivity contribution is 5.53. The van der Waals surface area contributed by atoms with Gasteiger partial charge in [0.1, 0.15) is 23.0 Å². The SMILES string of the molecule is Cc1cc(C)c(Oc2cc(C)c(Oc3c(F)c(F)c(Oc4c(C)cc(C)cc4C)c(F)c3F)c(C)c2)c(C)c1. The van der Waals surface area contributed by atoms with E-state index in [1.165, 1.54) is 0 Å². The molecular formula is C32H30F4O3. The summed E-state index contributed by atoms with van der Waals surface area (Å²) in [6.07, 6.45) is 0. The lowest BCUT2D eigenvalue weighted by Gasteiger charge is -2.19. The molecule has 0 spiro atoms. The van der Waals surface area contributed by atoms with E-state index in [2.05, 4.69) is 0 Å². The number of halogens is 4. The Bertz CT molecular complexity index is 1510. The van der Waals surface area contributed by atoms with Crippen LogP contribution in [0.25, 0.3) is 0 Å². The number of benzene rings is 4. The zero-order valence-electron chi connectivity index (χ0n) is 23.2. The number of hydrogen-bond acceptors (Lipinski definition) is 3. The van der Waals surface area contributed by atoms with E-state index < -0.39 is 34.8 Å². The van der Waals surface area contributed by atoms with Crippen LogP contribution in [0.5, 0.6) is 34.5 Å². The van der Waals surface area contributed by atoms with Crippen molar-refractivity contribution in [3.8, 4) is 34.5 Å². The van der Waals surface area contributed by atoms with E-state index in [4.69, 9.17) is 14.2 Å². The zero-order valence-corrected chi connectivity index (χ0v) is 23.2. The first-order valence-corrected chi connectivity index (χ1v) is 12.4. The van der Waals surface area contributed by atoms with Crippen LogP contribution >= 0.6 is 0 Å². The topological polar surface area (TPSA) is 27.7 Å². The molecule has 4 aromatic carbocycles. The first-order chi connectivity index (χ1) is 18.3. The van der Waals surface area contributed by atoms with Gasteiger partial charge in [-0.15, -0.1) is 0 Å². The van der Waals surface area contributed by atoms with Crippen molar-refractivity contribution < 1.29 is 31.8 Å². The molecule has 0 saturated carbocycles. The molecule has 0 aliphatic rings. The second-order valence-electron chi connectivity index (χ2n) is 10.1. The fraction of sp³-hybridized carbons (Fsp3) is 0.250. The number of rotatable bonds is 6. The van der Waals surface area contributed by atoms with Gasteiger partial charge in [0.2, 0.25) is 34.8 Å². The quantitative estimate of drug-likeness (QED) is 0.181. The first-order valence-electron chi connectivity index (χ1n) is 12.4. The summed E-state index contributed by atoms with van der Waals surface area (Å²) in [6, 6.07) is 10.7. The van der Waals surface area contributed by atoms with Gasteiger partial charge >= 0.3 is 0 Å². The summed E-state index contributed by atoms with van der Waals surface area (Å²) >= 11 is 0. The number of hydrogen-bond donors (Lipinski definition) is 0. The average molecular weight is 539 g/mol. The molecule has 0 atom stereocenters. The van der Waals surface area contributed by atoms with Crippen LogP contribution in [0.15, 0.2) is 36.4 Å². The Kier molecular flexibility index (Phi) is 7.64. The maximum absolute atomic E-state index is 15.1. The summed E-state index contributed by atoms with van der Waals surface area (Å²) in [6.45, 7) is 14.4. The second kappa shape index (κ2) is 10.6. The molecule has 204 valence electrons. The predicted octanol–water partition coefficient (Wildman–Crippen LogP) is 10.1. The highest BCUT2D eigenvalue weighted by atomic mass is 19.2. The molecule has 7 heteroatoms. The van der Waals surface area contributed by atoms with E-state index in [1.807, 2.05) is 39.8 Å². The van der Waals surface area contributed by atoms with Crippen LogP contribution in [-0.4, -0.2) is 0 Å². The molecule has 0 radical (unpaired) electrons. The van der Waals surface area contributed by atoms with E-state index in [0.29, 0.717) is 33.8 Å². The Hall–Kier alpha value is -4.00. The van der Waals surface area contributed by atoms with Crippen molar-refractivity contribution in [2.75, 3.05) is 0 Å². The Labute approximate surface area is 226 Å². The molecule has 0 amide bonds. The van der Waals surface area contributed by atoms with Crippen molar-refractivity contribution in [2.24, 2.45) is 0 Å². The second-order valence-corrected chi connectivity index (χ2v) is 10.1. The molecular weight excluding hydrogens is 508 g/mol. The van der Waals surface area contributed by atoms with Gasteiger partial charge in [-0.3, -0.25) is 0 Å². The molecule has 0 bridgehead atoms. The van der Waals surface area contributed by atoms with Crippen molar-refractivity contribution in [1.29, 1.82) is 0 Å². The van der Waals surface area contributed by atoms with Gasteiger partial charge in [-0.2, -0.15) is 17.6 Å². The van der Waals surface area contributed by atoms with E-state index in [9.17, 15) is 0 Å². The average Bonchev–Trinajstić information content (AvgIpc) is 2.83. The summed E-state index contributed by atoms with van der Waals surface area (Å²) in [5.74, 6) is -7.79. The Morgan fingerprint density at radius 3 is 0.923 bits per heavy atom. The first kappa shape index (κ1) is 28.0. The molecule has 0 unspecified atom stereocenters. The lowest BCUT2D eigenvalue weighted by atomic mass is 10.1. The monoisotopic (exact) mass is 538 g/mol. The van der Waals surface area contributed by atoms with Crippen molar-refractivity contribution in [3.05, 3.63) is 104 Å². The Morgan fingerprint density at radius 1 is 0.359 bits per heavy atom. The normalized spacial score (nSPS) is 11.1. The summed E-state index contributed by atoms with van der Waals surface area (Å²) < 4.78 is 77.2. The molecule has 0 N–H and O–H groups in total. The summed E-state index contributed by atoms with van der Waals surface area (Å²) in [7, 11) is 0. The predicted molar refractivity (Wildman–Crippen MR) is 144 cm³/mol. The highest BCUT2D eigenvalue weighted by Crippen LogP contribution is 2.42. The molecule has 0 saturated heterocycles. The molecule has 0 aliphatic heterocycles. The van der Waals surface area contributed by atoms with Crippen molar-refractivity contribution in [3.63, 3.8) is 0 Å². The molecule has 4 rings (SSSR count). The smallest absolute Gasteiger partial charge is 0.208 e. The van der Waals surface area contributed by atoms with Gasteiger partial charge in [0, 0.05) is 0 Å². The van der Waals surface area contributed by atoms with Crippen LogP contribution in [0.2, 0.25) is 0 Å². The number of ether oxygens (including phenoxy) is 3. The van der Waals surface area contributed by atoms with E-state index in [1.54, 1.807) is 52.0 Å². The molecule has 39 heavy (non-hydrogen) atoms. The van der Waals surface area contributed by atoms with Crippen molar-refractivity contribution in [2.45, 2.75) is 55.4 Å². The fourth-order valence-electron chi connectivity index (χ4n) is 4.88. The molecule has 3 nitrogen and oxygen atoms in total. The third-order valence-corrected chi connectivity index (χ3v) is 6.45.